The summed E-state index contributed by atoms with van der Waals surface area (Å²) in [6.45, 7) is 4.23. The minimum absolute atomic E-state index is 0.220. The van der Waals surface area contributed by atoms with Crippen LogP contribution < -0.4 is 15.2 Å². The second-order valence-electron chi connectivity index (χ2n) is 8.75. The summed E-state index contributed by atoms with van der Waals surface area (Å²) in [6.07, 6.45) is 4.62. The minimum Gasteiger partial charge on any atom is -0.508 e. The Morgan fingerprint density at radius 3 is 2.33 bits per heavy atom. The van der Waals surface area contributed by atoms with E-state index in [1.54, 1.807) is 26.4 Å². The van der Waals surface area contributed by atoms with Crippen LogP contribution in [-0.2, 0) is 0 Å². The van der Waals surface area contributed by atoms with Gasteiger partial charge in [0, 0.05) is 31.1 Å². The zero-order valence-electron chi connectivity index (χ0n) is 18.3. The third-order valence-corrected chi connectivity index (χ3v) is 6.98. The number of aromatic hydroxyl groups is 1. The minimum atomic E-state index is 0.220. The van der Waals surface area contributed by atoms with Gasteiger partial charge in [0.2, 0.25) is 0 Å². The Labute approximate surface area is 179 Å². The summed E-state index contributed by atoms with van der Waals surface area (Å²) in [5.74, 6) is 2.59. The lowest BCUT2D eigenvalue weighted by Crippen LogP contribution is -2.51. The van der Waals surface area contributed by atoms with Crippen molar-refractivity contribution < 1.29 is 14.6 Å². The molecule has 0 aliphatic carbocycles. The predicted molar refractivity (Wildman–Crippen MR) is 119 cm³/mol. The van der Waals surface area contributed by atoms with E-state index < -0.39 is 0 Å². The third-order valence-electron chi connectivity index (χ3n) is 6.98. The molecule has 0 unspecified atom stereocenters. The molecule has 4 atom stereocenters. The molecule has 2 aliphatic heterocycles. The zero-order chi connectivity index (χ0) is 21.3. The van der Waals surface area contributed by atoms with Crippen molar-refractivity contribution in [3.63, 3.8) is 0 Å². The molecule has 2 aromatic rings. The number of nitrogens with zero attached hydrogens (tertiary/aromatic N) is 1. The molecule has 0 amide bonds. The number of methoxy groups -OCH3 is 2. The smallest absolute Gasteiger partial charge is 0.161 e. The molecule has 30 heavy (non-hydrogen) atoms. The Morgan fingerprint density at radius 2 is 1.70 bits per heavy atom. The van der Waals surface area contributed by atoms with Crippen molar-refractivity contribution >= 4 is 0 Å². The molecule has 0 spiro atoms. The number of piperidine rings is 1. The van der Waals surface area contributed by atoms with Gasteiger partial charge in [0.25, 0.3) is 0 Å². The summed E-state index contributed by atoms with van der Waals surface area (Å²) in [7, 11) is 3.37. The van der Waals surface area contributed by atoms with Gasteiger partial charge in [-0.2, -0.15) is 0 Å². The molecule has 3 N–H and O–H groups in total. The maximum absolute atomic E-state index is 9.77. The molecule has 5 nitrogen and oxygen atoms in total. The number of benzene rings is 2. The number of unbranched alkanes of at least 4 members (excludes halogenated alkanes) is 1. The van der Waals surface area contributed by atoms with Gasteiger partial charge in [-0.05, 0) is 59.7 Å². The SMILES string of the molecule is CCCC[C@@H]1CN2C[C@H](c3ccc(O)cc3)c3cc(OC)c(OC)cc3[C@H]2C[C@@H]1N. The molecular formula is C25H34N2O3. The first-order chi connectivity index (χ1) is 14.5. The van der Waals surface area contributed by atoms with E-state index in [1.807, 2.05) is 12.1 Å². The van der Waals surface area contributed by atoms with Crippen molar-refractivity contribution in [2.24, 2.45) is 11.7 Å². The van der Waals surface area contributed by atoms with Crippen molar-refractivity contribution in [3.05, 3.63) is 53.1 Å². The second kappa shape index (κ2) is 8.86. The largest absolute Gasteiger partial charge is 0.508 e. The summed E-state index contributed by atoms with van der Waals surface area (Å²) >= 11 is 0. The number of nitrogens with two attached hydrogens (primary N) is 1. The topological polar surface area (TPSA) is 68.0 Å². The molecule has 4 rings (SSSR count). The fraction of sp³-hybridized carbons (Fsp3) is 0.520. The van der Waals surface area contributed by atoms with Crippen molar-refractivity contribution in [1.29, 1.82) is 0 Å². The average molecular weight is 411 g/mol. The normalized spacial score (nSPS) is 26.0. The average Bonchev–Trinajstić information content (AvgIpc) is 2.77. The fourth-order valence-electron chi connectivity index (χ4n) is 5.29. The molecule has 2 heterocycles. The quantitative estimate of drug-likeness (QED) is 0.737. The van der Waals surface area contributed by atoms with Crippen LogP contribution in [0.15, 0.2) is 36.4 Å². The highest BCUT2D eigenvalue weighted by Crippen LogP contribution is 2.48. The number of hydrogen-bond acceptors (Lipinski definition) is 5. The zero-order valence-corrected chi connectivity index (χ0v) is 18.3. The molecule has 0 radical (unpaired) electrons. The Kier molecular flexibility index (Phi) is 6.21. The van der Waals surface area contributed by atoms with Crippen LogP contribution in [0.25, 0.3) is 0 Å². The van der Waals surface area contributed by atoms with Gasteiger partial charge in [-0.15, -0.1) is 0 Å². The van der Waals surface area contributed by atoms with Gasteiger partial charge in [0.05, 0.1) is 14.2 Å². The van der Waals surface area contributed by atoms with Crippen LogP contribution in [0.5, 0.6) is 17.2 Å². The van der Waals surface area contributed by atoms with Crippen LogP contribution >= 0.6 is 0 Å². The highest BCUT2D eigenvalue weighted by atomic mass is 16.5. The van der Waals surface area contributed by atoms with E-state index in [2.05, 4.69) is 24.0 Å². The van der Waals surface area contributed by atoms with Crippen molar-refractivity contribution in [3.8, 4) is 17.2 Å². The summed E-state index contributed by atoms with van der Waals surface area (Å²) in [6, 6.07) is 12.4. The molecule has 2 aromatic carbocycles. The lowest BCUT2D eigenvalue weighted by molar-refractivity contribution is 0.0728. The van der Waals surface area contributed by atoms with E-state index in [0.717, 1.165) is 31.0 Å². The Hall–Kier alpha value is -2.24. The number of hydrogen-bond donors (Lipinski definition) is 2. The standard InChI is InChI=1S/C25H34N2O3/c1-4-5-6-17-14-27-15-21(16-7-9-18(28)10-8-16)19-11-24(29-2)25(30-3)12-20(19)23(27)13-22(17)26/h7-12,17,21-23,28H,4-6,13-15,26H2,1-3H3/t17-,21-,22+,23-/m1/s1. The Bertz CT molecular complexity index is 867. The highest BCUT2D eigenvalue weighted by Gasteiger charge is 2.41. The van der Waals surface area contributed by atoms with Gasteiger partial charge < -0.3 is 20.3 Å². The van der Waals surface area contributed by atoms with Gasteiger partial charge in [-0.3, -0.25) is 4.90 Å². The van der Waals surface area contributed by atoms with Gasteiger partial charge in [0.1, 0.15) is 5.75 Å². The van der Waals surface area contributed by atoms with E-state index in [9.17, 15) is 5.11 Å². The Morgan fingerprint density at radius 1 is 1.03 bits per heavy atom. The van der Waals surface area contributed by atoms with Crippen LogP contribution in [0.4, 0.5) is 0 Å². The molecule has 0 aromatic heterocycles. The lowest BCUT2D eigenvalue weighted by Gasteiger charge is -2.48. The first-order valence-corrected chi connectivity index (χ1v) is 11.1. The van der Waals surface area contributed by atoms with Gasteiger partial charge in [-0.1, -0.05) is 31.9 Å². The molecular weight excluding hydrogens is 376 g/mol. The summed E-state index contributed by atoms with van der Waals surface area (Å²) in [5, 5.41) is 9.77. The third kappa shape index (κ3) is 3.88. The number of ether oxygens (including phenoxy) is 2. The highest BCUT2D eigenvalue weighted by molar-refractivity contribution is 5.53. The summed E-state index contributed by atoms with van der Waals surface area (Å²) in [5.41, 5.74) is 10.4. The van der Waals surface area contributed by atoms with Crippen molar-refractivity contribution in [1.82, 2.24) is 4.90 Å². The number of phenolic OH excluding ortho intramolecular Hbond substituents is 1. The maximum Gasteiger partial charge on any atom is 0.161 e. The molecule has 1 saturated heterocycles. The fourth-order valence-corrected chi connectivity index (χ4v) is 5.29. The van der Waals surface area contributed by atoms with Crippen LogP contribution in [0.1, 0.15) is 61.3 Å². The van der Waals surface area contributed by atoms with Crippen LogP contribution in [0.2, 0.25) is 0 Å². The monoisotopic (exact) mass is 410 g/mol. The van der Waals surface area contributed by atoms with E-state index in [0.29, 0.717) is 17.7 Å². The van der Waals surface area contributed by atoms with E-state index >= 15 is 0 Å². The number of phenols is 1. The number of fused-ring (bicyclic) bond motifs is 3. The van der Waals surface area contributed by atoms with Crippen LogP contribution in [0.3, 0.4) is 0 Å². The number of rotatable bonds is 6. The van der Waals surface area contributed by atoms with Crippen molar-refractivity contribution in [2.75, 3.05) is 27.3 Å². The molecule has 0 bridgehead atoms. The Balaban J connectivity index is 1.76. The van der Waals surface area contributed by atoms with Crippen LogP contribution in [0, 0.1) is 5.92 Å². The van der Waals surface area contributed by atoms with E-state index in [1.165, 1.54) is 36.0 Å². The van der Waals surface area contributed by atoms with Gasteiger partial charge in [0.15, 0.2) is 11.5 Å². The summed E-state index contributed by atoms with van der Waals surface area (Å²) in [4.78, 5) is 2.62. The van der Waals surface area contributed by atoms with Crippen molar-refractivity contribution in [2.45, 2.75) is 50.6 Å². The lowest BCUT2D eigenvalue weighted by atomic mass is 9.75. The van der Waals surface area contributed by atoms with E-state index in [-0.39, 0.29) is 12.0 Å². The second-order valence-corrected chi connectivity index (χ2v) is 8.75. The van der Waals surface area contributed by atoms with E-state index in [4.69, 9.17) is 15.2 Å². The first kappa shape index (κ1) is 21.0. The maximum atomic E-state index is 9.77. The molecule has 2 aliphatic rings. The first-order valence-electron chi connectivity index (χ1n) is 11.1. The summed E-state index contributed by atoms with van der Waals surface area (Å²) < 4.78 is 11.3. The van der Waals surface area contributed by atoms with Gasteiger partial charge >= 0.3 is 0 Å². The molecule has 0 saturated carbocycles. The molecule has 1 fully saturated rings. The van der Waals surface area contributed by atoms with Crippen LogP contribution in [-0.4, -0.2) is 43.4 Å². The molecule has 5 heteroatoms. The van der Waals surface area contributed by atoms with Gasteiger partial charge in [-0.25, -0.2) is 0 Å². The predicted octanol–water partition coefficient (Wildman–Crippen LogP) is 4.44. The molecule has 162 valence electrons.